The summed E-state index contributed by atoms with van der Waals surface area (Å²) in [6, 6.07) is 14.3. The molecule has 0 aliphatic heterocycles. The van der Waals surface area contributed by atoms with Gasteiger partial charge in [0.15, 0.2) is 0 Å². The molecule has 26 heavy (non-hydrogen) atoms. The van der Waals surface area contributed by atoms with Crippen LogP contribution in [-0.4, -0.2) is 30.2 Å². The van der Waals surface area contributed by atoms with Crippen molar-refractivity contribution >= 4 is 23.4 Å². The van der Waals surface area contributed by atoms with Crippen LogP contribution < -0.4 is 10.1 Å². The topological polar surface area (TPSA) is 81.5 Å². The molecule has 2 aromatic carbocycles. The van der Waals surface area contributed by atoms with Crippen molar-refractivity contribution in [3.05, 3.63) is 69.8 Å². The first-order chi connectivity index (χ1) is 12.6. The molecule has 2 rings (SSSR count). The monoisotopic (exact) mass is 374 g/mol. The molecular formula is C19H22N2O4S. The van der Waals surface area contributed by atoms with Gasteiger partial charge in [0.1, 0.15) is 5.75 Å². The van der Waals surface area contributed by atoms with Crippen LogP contribution in [0, 0.1) is 10.1 Å². The number of aryl methyl sites for hydroxylation is 1. The predicted octanol–water partition coefficient (Wildman–Crippen LogP) is 3.59. The van der Waals surface area contributed by atoms with Crippen LogP contribution >= 0.6 is 11.8 Å². The third-order valence-electron chi connectivity index (χ3n) is 3.79. The van der Waals surface area contributed by atoms with E-state index in [0.717, 1.165) is 29.7 Å². The summed E-state index contributed by atoms with van der Waals surface area (Å²) in [5.74, 6) is 1.88. The fourth-order valence-electron chi connectivity index (χ4n) is 2.44. The maximum atomic E-state index is 11.9. The number of amides is 1. The zero-order valence-electron chi connectivity index (χ0n) is 14.6. The minimum Gasteiger partial charge on any atom is -0.496 e. The van der Waals surface area contributed by atoms with E-state index >= 15 is 0 Å². The van der Waals surface area contributed by atoms with Crippen molar-refractivity contribution in [3.63, 3.8) is 0 Å². The number of rotatable bonds is 10. The van der Waals surface area contributed by atoms with Crippen molar-refractivity contribution in [2.75, 3.05) is 19.4 Å². The number of carbonyl (C=O) groups excluding carboxylic acids is 1. The Labute approximate surface area is 157 Å². The lowest BCUT2D eigenvalue weighted by molar-refractivity contribution is -0.384. The third-order valence-corrected chi connectivity index (χ3v) is 4.79. The van der Waals surface area contributed by atoms with Crippen LogP contribution in [0.25, 0.3) is 0 Å². The molecule has 6 nitrogen and oxygen atoms in total. The zero-order valence-corrected chi connectivity index (χ0v) is 15.5. The molecule has 0 saturated heterocycles. The maximum Gasteiger partial charge on any atom is 0.269 e. The van der Waals surface area contributed by atoms with Gasteiger partial charge in [0.25, 0.3) is 5.69 Å². The minimum absolute atomic E-state index is 0.00283. The largest absolute Gasteiger partial charge is 0.496 e. The standard InChI is InChI=1S/C19H22N2O4S/c1-25-18-7-3-2-5-16(18)6-4-12-20-19(22)14-26-13-15-8-10-17(11-9-15)21(23)24/h2-3,5,7-11H,4,6,12-14H2,1H3,(H,20,22). The molecule has 1 amide bonds. The first kappa shape index (κ1) is 19.8. The molecule has 0 aromatic heterocycles. The molecule has 0 atom stereocenters. The maximum absolute atomic E-state index is 11.9. The summed E-state index contributed by atoms with van der Waals surface area (Å²) in [5.41, 5.74) is 2.17. The van der Waals surface area contributed by atoms with Gasteiger partial charge in [0, 0.05) is 24.4 Å². The van der Waals surface area contributed by atoms with Crippen LogP contribution in [-0.2, 0) is 17.0 Å². The van der Waals surface area contributed by atoms with Gasteiger partial charge in [-0.3, -0.25) is 14.9 Å². The highest BCUT2D eigenvalue weighted by Gasteiger charge is 2.06. The molecule has 0 heterocycles. The van der Waals surface area contributed by atoms with Crippen molar-refractivity contribution in [2.24, 2.45) is 0 Å². The van der Waals surface area contributed by atoms with Crippen molar-refractivity contribution < 1.29 is 14.5 Å². The van der Waals surface area contributed by atoms with E-state index in [-0.39, 0.29) is 11.6 Å². The molecule has 0 fully saturated rings. The Morgan fingerprint density at radius 1 is 1.19 bits per heavy atom. The zero-order chi connectivity index (χ0) is 18.8. The second-order valence-electron chi connectivity index (χ2n) is 5.68. The number of nitrogens with zero attached hydrogens (tertiary/aromatic N) is 1. The number of hydrogen-bond acceptors (Lipinski definition) is 5. The van der Waals surface area contributed by atoms with Gasteiger partial charge in [-0.05, 0) is 30.0 Å². The number of nitrogens with one attached hydrogen (secondary N) is 1. The molecule has 7 heteroatoms. The fourth-order valence-corrected chi connectivity index (χ4v) is 3.26. The molecular weight excluding hydrogens is 352 g/mol. The Hall–Kier alpha value is -2.54. The lowest BCUT2D eigenvalue weighted by atomic mass is 10.1. The average Bonchev–Trinajstić information content (AvgIpc) is 2.66. The van der Waals surface area contributed by atoms with Crippen molar-refractivity contribution in [2.45, 2.75) is 18.6 Å². The summed E-state index contributed by atoms with van der Waals surface area (Å²) >= 11 is 1.49. The summed E-state index contributed by atoms with van der Waals surface area (Å²) in [5, 5.41) is 13.5. The number of thioether (sulfide) groups is 1. The van der Waals surface area contributed by atoms with E-state index in [4.69, 9.17) is 4.74 Å². The number of para-hydroxylation sites is 1. The van der Waals surface area contributed by atoms with Gasteiger partial charge in [-0.2, -0.15) is 0 Å². The first-order valence-corrected chi connectivity index (χ1v) is 9.45. The van der Waals surface area contributed by atoms with Gasteiger partial charge >= 0.3 is 0 Å². The number of hydrogen-bond donors (Lipinski definition) is 1. The van der Waals surface area contributed by atoms with Gasteiger partial charge in [0.2, 0.25) is 5.91 Å². The number of nitro benzene ring substituents is 1. The summed E-state index contributed by atoms with van der Waals surface area (Å²) in [7, 11) is 1.66. The number of nitro groups is 1. The van der Waals surface area contributed by atoms with E-state index in [2.05, 4.69) is 5.32 Å². The summed E-state index contributed by atoms with van der Waals surface area (Å²) in [6.45, 7) is 0.620. The Balaban J connectivity index is 1.62. The number of non-ortho nitro benzene ring substituents is 1. The van der Waals surface area contributed by atoms with Crippen LogP contribution in [0.2, 0.25) is 0 Å². The normalized spacial score (nSPS) is 10.3. The van der Waals surface area contributed by atoms with E-state index in [0.29, 0.717) is 18.1 Å². The summed E-state index contributed by atoms with van der Waals surface area (Å²) < 4.78 is 5.31. The minimum atomic E-state index is -0.421. The van der Waals surface area contributed by atoms with Gasteiger partial charge in [-0.25, -0.2) is 0 Å². The van der Waals surface area contributed by atoms with Crippen LogP contribution in [0.3, 0.4) is 0 Å². The predicted molar refractivity (Wildman–Crippen MR) is 104 cm³/mol. The van der Waals surface area contributed by atoms with E-state index in [1.54, 1.807) is 19.2 Å². The average molecular weight is 374 g/mol. The summed E-state index contributed by atoms with van der Waals surface area (Å²) in [6.07, 6.45) is 1.69. The van der Waals surface area contributed by atoms with E-state index < -0.39 is 4.92 Å². The van der Waals surface area contributed by atoms with Crippen molar-refractivity contribution in [1.82, 2.24) is 5.32 Å². The molecule has 1 N–H and O–H groups in total. The number of benzene rings is 2. The Morgan fingerprint density at radius 3 is 2.62 bits per heavy atom. The highest BCUT2D eigenvalue weighted by atomic mass is 32.2. The smallest absolute Gasteiger partial charge is 0.269 e. The van der Waals surface area contributed by atoms with Crippen molar-refractivity contribution in [3.8, 4) is 5.75 Å². The van der Waals surface area contributed by atoms with Crippen LogP contribution in [0.1, 0.15) is 17.5 Å². The van der Waals surface area contributed by atoms with Gasteiger partial charge < -0.3 is 10.1 Å². The molecule has 0 radical (unpaired) electrons. The number of ether oxygens (including phenoxy) is 1. The number of methoxy groups -OCH3 is 1. The molecule has 138 valence electrons. The van der Waals surface area contributed by atoms with Gasteiger partial charge in [-0.1, -0.05) is 30.3 Å². The molecule has 0 spiro atoms. The highest BCUT2D eigenvalue weighted by Crippen LogP contribution is 2.19. The van der Waals surface area contributed by atoms with E-state index in [1.807, 2.05) is 24.3 Å². The molecule has 0 bridgehead atoms. The fraction of sp³-hybridized carbons (Fsp3) is 0.316. The van der Waals surface area contributed by atoms with Crippen LogP contribution in [0.4, 0.5) is 5.69 Å². The Bertz CT molecular complexity index is 735. The van der Waals surface area contributed by atoms with E-state index in [1.165, 1.54) is 23.9 Å². The van der Waals surface area contributed by atoms with Crippen LogP contribution in [0.5, 0.6) is 5.75 Å². The second kappa shape index (κ2) is 10.5. The third kappa shape index (κ3) is 6.40. The Kier molecular flexibility index (Phi) is 7.95. The lowest BCUT2D eigenvalue weighted by Gasteiger charge is -2.08. The van der Waals surface area contributed by atoms with Crippen molar-refractivity contribution in [1.29, 1.82) is 0 Å². The molecule has 0 saturated carbocycles. The van der Waals surface area contributed by atoms with Gasteiger partial charge in [0.05, 0.1) is 17.8 Å². The Morgan fingerprint density at radius 2 is 1.92 bits per heavy atom. The first-order valence-electron chi connectivity index (χ1n) is 8.30. The molecule has 0 aliphatic rings. The molecule has 0 unspecified atom stereocenters. The van der Waals surface area contributed by atoms with E-state index in [9.17, 15) is 14.9 Å². The van der Waals surface area contributed by atoms with Crippen LogP contribution in [0.15, 0.2) is 48.5 Å². The lowest BCUT2D eigenvalue weighted by Crippen LogP contribution is -2.26. The highest BCUT2D eigenvalue weighted by molar-refractivity contribution is 7.99. The SMILES string of the molecule is COc1ccccc1CCCNC(=O)CSCc1ccc([N+](=O)[O-])cc1. The summed E-state index contributed by atoms with van der Waals surface area (Å²) in [4.78, 5) is 22.1. The molecule has 2 aromatic rings. The number of carbonyl (C=O) groups is 1. The molecule has 0 aliphatic carbocycles. The quantitative estimate of drug-likeness (QED) is 0.390. The van der Waals surface area contributed by atoms with Gasteiger partial charge in [-0.15, -0.1) is 11.8 Å². The second-order valence-corrected chi connectivity index (χ2v) is 6.67.